The highest BCUT2D eigenvalue weighted by Crippen LogP contribution is 2.25. The normalized spacial score (nSPS) is 12.0. The first-order chi connectivity index (χ1) is 11.4. The van der Waals surface area contributed by atoms with E-state index in [-0.39, 0.29) is 23.9 Å². The summed E-state index contributed by atoms with van der Waals surface area (Å²) in [6.45, 7) is 0.269. The van der Waals surface area contributed by atoms with Crippen molar-refractivity contribution < 1.29 is 19.2 Å². The molecule has 0 saturated heterocycles. The quantitative estimate of drug-likeness (QED) is 0.585. The maximum atomic E-state index is 13.4. The van der Waals surface area contributed by atoms with Crippen molar-refractivity contribution in [3.8, 4) is 0 Å². The van der Waals surface area contributed by atoms with Gasteiger partial charge in [-0.1, -0.05) is 17.7 Å². The molecular formula is C16H16ClFN2O4. The molecule has 0 spiro atoms. The zero-order valence-corrected chi connectivity index (χ0v) is 13.6. The van der Waals surface area contributed by atoms with Gasteiger partial charge in [-0.05, 0) is 23.8 Å². The number of hydrogen-bond donors (Lipinski definition) is 2. The molecular weight excluding hydrogens is 339 g/mol. The molecule has 0 aliphatic carbocycles. The molecule has 128 valence electrons. The number of methoxy groups -OCH3 is 1. The number of nitrogens with zero attached hydrogens (tertiary/aromatic N) is 1. The molecule has 0 radical (unpaired) electrons. The number of rotatable bonds is 7. The zero-order chi connectivity index (χ0) is 17.7. The molecule has 0 heterocycles. The van der Waals surface area contributed by atoms with E-state index >= 15 is 0 Å². The number of halogens is 2. The zero-order valence-electron chi connectivity index (χ0n) is 12.8. The molecule has 2 rings (SSSR count). The molecule has 8 heteroatoms. The van der Waals surface area contributed by atoms with Crippen LogP contribution < -0.4 is 5.32 Å². The molecule has 0 aliphatic rings. The number of anilines is 1. The molecule has 0 saturated carbocycles. The van der Waals surface area contributed by atoms with Gasteiger partial charge in [0.1, 0.15) is 5.82 Å². The summed E-state index contributed by atoms with van der Waals surface area (Å²) in [4.78, 5) is 10.3. The van der Waals surface area contributed by atoms with Crippen LogP contribution in [0.25, 0.3) is 0 Å². The van der Waals surface area contributed by atoms with E-state index in [1.807, 2.05) is 0 Å². The SMILES string of the molecule is COCc1cc([N+](=O)[O-])ccc1NCC(O)c1ccc(Cl)c(F)c1. The third kappa shape index (κ3) is 4.41. The monoisotopic (exact) mass is 354 g/mol. The second-order valence-electron chi connectivity index (χ2n) is 5.10. The summed E-state index contributed by atoms with van der Waals surface area (Å²) >= 11 is 5.61. The number of nitro benzene ring substituents is 1. The van der Waals surface area contributed by atoms with Crippen molar-refractivity contribution in [3.63, 3.8) is 0 Å². The fourth-order valence-corrected chi connectivity index (χ4v) is 2.30. The Hall–Kier alpha value is -2.22. The van der Waals surface area contributed by atoms with Crippen LogP contribution in [0.4, 0.5) is 15.8 Å². The van der Waals surface area contributed by atoms with E-state index in [1.54, 1.807) is 6.07 Å². The average Bonchev–Trinajstić information content (AvgIpc) is 2.56. The van der Waals surface area contributed by atoms with Crippen LogP contribution in [0.2, 0.25) is 5.02 Å². The van der Waals surface area contributed by atoms with Crippen LogP contribution in [-0.2, 0) is 11.3 Å². The second kappa shape index (κ2) is 8.05. The number of nitro groups is 1. The lowest BCUT2D eigenvalue weighted by atomic mass is 10.1. The predicted molar refractivity (Wildman–Crippen MR) is 88.7 cm³/mol. The third-order valence-electron chi connectivity index (χ3n) is 3.41. The van der Waals surface area contributed by atoms with Gasteiger partial charge in [0, 0.05) is 37.0 Å². The highest BCUT2D eigenvalue weighted by atomic mass is 35.5. The van der Waals surface area contributed by atoms with Crippen LogP contribution in [0, 0.1) is 15.9 Å². The van der Waals surface area contributed by atoms with Crippen LogP contribution in [0.1, 0.15) is 17.2 Å². The number of hydrogen-bond acceptors (Lipinski definition) is 5. The number of aliphatic hydroxyl groups excluding tert-OH is 1. The highest BCUT2D eigenvalue weighted by molar-refractivity contribution is 6.30. The van der Waals surface area contributed by atoms with Crippen molar-refractivity contribution in [2.75, 3.05) is 19.0 Å². The number of aliphatic hydroxyl groups is 1. The molecule has 24 heavy (non-hydrogen) atoms. The van der Waals surface area contributed by atoms with Crippen LogP contribution in [0.15, 0.2) is 36.4 Å². The average molecular weight is 355 g/mol. The van der Waals surface area contributed by atoms with Crippen molar-refractivity contribution in [3.05, 3.63) is 68.5 Å². The maximum absolute atomic E-state index is 13.4. The Morgan fingerprint density at radius 1 is 1.38 bits per heavy atom. The molecule has 0 amide bonds. The largest absolute Gasteiger partial charge is 0.387 e. The molecule has 2 N–H and O–H groups in total. The van der Waals surface area contributed by atoms with Gasteiger partial charge in [-0.15, -0.1) is 0 Å². The first kappa shape index (κ1) is 18.1. The molecule has 0 aliphatic heterocycles. The Labute approximate surface area is 143 Å². The lowest BCUT2D eigenvalue weighted by Crippen LogP contribution is -2.13. The topological polar surface area (TPSA) is 84.6 Å². The molecule has 1 atom stereocenters. The van der Waals surface area contributed by atoms with Gasteiger partial charge in [-0.2, -0.15) is 0 Å². The van der Waals surface area contributed by atoms with Crippen molar-refractivity contribution in [2.45, 2.75) is 12.7 Å². The van der Waals surface area contributed by atoms with Crippen molar-refractivity contribution in [1.29, 1.82) is 0 Å². The first-order valence-electron chi connectivity index (χ1n) is 7.05. The van der Waals surface area contributed by atoms with E-state index in [0.29, 0.717) is 16.8 Å². The minimum absolute atomic E-state index is 0.0170. The van der Waals surface area contributed by atoms with Gasteiger partial charge in [-0.25, -0.2) is 4.39 Å². The van der Waals surface area contributed by atoms with Gasteiger partial charge in [0.25, 0.3) is 5.69 Å². The van der Waals surface area contributed by atoms with Gasteiger partial charge in [0.15, 0.2) is 0 Å². The molecule has 0 aromatic heterocycles. The van der Waals surface area contributed by atoms with Gasteiger partial charge < -0.3 is 15.2 Å². The smallest absolute Gasteiger partial charge is 0.269 e. The van der Waals surface area contributed by atoms with Gasteiger partial charge in [0.05, 0.1) is 22.7 Å². The van der Waals surface area contributed by atoms with Crippen molar-refractivity contribution in [1.82, 2.24) is 0 Å². The number of ether oxygens (including phenoxy) is 1. The highest BCUT2D eigenvalue weighted by Gasteiger charge is 2.14. The van der Waals surface area contributed by atoms with E-state index in [1.165, 1.54) is 37.4 Å². The molecule has 1 unspecified atom stereocenters. The Balaban J connectivity index is 2.12. The van der Waals surface area contributed by atoms with E-state index in [2.05, 4.69) is 5.32 Å². The van der Waals surface area contributed by atoms with E-state index in [9.17, 15) is 19.6 Å². The Morgan fingerprint density at radius 3 is 2.75 bits per heavy atom. The Kier molecular flexibility index (Phi) is 6.08. The minimum atomic E-state index is -0.970. The predicted octanol–water partition coefficient (Wildman–Crippen LogP) is 3.68. The fourth-order valence-electron chi connectivity index (χ4n) is 2.19. The number of non-ortho nitro benzene ring substituents is 1. The fraction of sp³-hybridized carbons (Fsp3) is 0.250. The third-order valence-corrected chi connectivity index (χ3v) is 3.72. The molecule has 2 aromatic rings. The maximum Gasteiger partial charge on any atom is 0.269 e. The molecule has 2 aromatic carbocycles. The summed E-state index contributed by atoms with van der Waals surface area (Å²) in [7, 11) is 1.48. The van der Waals surface area contributed by atoms with Crippen LogP contribution in [0.5, 0.6) is 0 Å². The van der Waals surface area contributed by atoms with Crippen molar-refractivity contribution >= 4 is 23.0 Å². The summed E-state index contributed by atoms with van der Waals surface area (Å²) in [6, 6.07) is 8.37. The summed E-state index contributed by atoms with van der Waals surface area (Å²) in [5.74, 6) is -0.608. The van der Waals surface area contributed by atoms with E-state index in [0.717, 1.165) is 0 Å². The lowest BCUT2D eigenvalue weighted by Gasteiger charge is -2.16. The summed E-state index contributed by atoms with van der Waals surface area (Å²) in [5, 5.41) is 24.0. The summed E-state index contributed by atoms with van der Waals surface area (Å²) in [5.41, 5.74) is 1.50. The number of nitrogens with one attached hydrogen (secondary N) is 1. The van der Waals surface area contributed by atoms with E-state index < -0.39 is 16.8 Å². The van der Waals surface area contributed by atoms with Gasteiger partial charge >= 0.3 is 0 Å². The summed E-state index contributed by atoms with van der Waals surface area (Å²) < 4.78 is 18.5. The van der Waals surface area contributed by atoms with Crippen LogP contribution >= 0.6 is 11.6 Å². The lowest BCUT2D eigenvalue weighted by molar-refractivity contribution is -0.384. The van der Waals surface area contributed by atoms with Crippen molar-refractivity contribution in [2.24, 2.45) is 0 Å². The summed E-state index contributed by atoms with van der Waals surface area (Å²) in [6.07, 6.45) is -0.970. The Bertz CT molecular complexity index is 742. The standard InChI is InChI=1S/C16H16ClFN2O4/c1-24-9-11-6-12(20(22)23)3-5-15(11)19-8-16(21)10-2-4-13(17)14(18)7-10/h2-7,16,19,21H,8-9H2,1H3. The van der Waals surface area contributed by atoms with Gasteiger partial charge in [-0.3, -0.25) is 10.1 Å². The molecule has 0 bridgehead atoms. The molecule has 0 fully saturated rings. The molecule has 6 nitrogen and oxygen atoms in total. The van der Waals surface area contributed by atoms with Gasteiger partial charge in [0.2, 0.25) is 0 Å². The Morgan fingerprint density at radius 2 is 2.12 bits per heavy atom. The number of benzene rings is 2. The van der Waals surface area contributed by atoms with Crippen LogP contribution in [0.3, 0.4) is 0 Å². The minimum Gasteiger partial charge on any atom is -0.387 e. The second-order valence-corrected chi connectivity index (χ2v) is 5.51. The van der Waals surface area contributed by atoms with E-state index in [4.69, 9.17) is 16.3 Å². The first-order valence-corrected chi connectivity index (χ1v) is 7.43. The van der Waals surface area contributed by atoms with Crippen LogP contribution in [-0.4, -0.2) is 23.7 Å².